The molecule has 0 spiro atoms. The van der Waals surface area contributed by atoms with E-state index in [9.17, 15) is 18.0 Å². The average molecular weight is 450 g/mol. The highest BCUT2D eigenvalue weighted by atomic mass is 32.2. The number of sulfonamides is 1. The van der Waals surface area contributed by atoms with Crippen molar-refractivity contribution in [2.24, 2.45) is 0 Å². The van der Waals surface area contributed by atoms with Crippen molar-refractivity contribution in [3.8, 4) is 0 Å². The van der Waals surface area contributed by atoms with Gasteiger partial charge in [0.25, 0.3) is 21.8 Å². The molecular formula is C24H23N3O4S. The van der Waals surface area contributed by atoms with Crippen LogP contribution in [-0.4, -0.2) is 26.8 Å². The Bertz CT molecular complexity index is 1260. The molecule has 0 heterocycles. The van der Waals surface area contributed by atoms with Crippen LogP contribution in [0.2, 0.25) is 0 Å². The van der Waals surface area contributed by atoms with Crippen molar-refractivity contribution in [3.63, 3.8) is 0 Å². The molecule has 0 saturated carbocycles. The molecule has 3 aromatic rings. The van der Waals surface area contributed by atoms with E-state index in [0.29, 0.717) is 29.0 Å². The minimum absolute atomic E-state index is 0.119. The van der Waals surface area contributed by atoms with E-state index in [1.165, 1.54) is 18.2 Å². The van der Waals surface area contributed by atoms with E-state index in [2.05, 4.69) is 21.9 Å². The van der Waals surface area contributed by atoms with Gasteiger partial charge in [-0.3, -0.25) is 14.3 Å². The van der Waals surface area contributed by atoms with Crippen molar-refractivity contribution in [1.29, 1.82) is 0 Å². The first-order valence-electron chi connectivity index (χ1n) is 9.80. The second-order valence-corrected chi connectivity index (χ2v) is 8.63. The van der Waals surface area contributed by atoms with Gasteiger partial charge in [-0.1, -0.05) is 42.5 Å². The Balaban J connectivity index is 1.84. The van der Waals surface area contributed by atoms with Crippen molar-refractivity contribution in [2.45, 2.75) is 11.8 Å². The molecule has 3 rings (SSSR count). The van der Waals surface area contributed by atoms with Gasteiger partial charge in [-0.05, 0) is 48.9 Å². The van der Waals surface area contributed by atoms with Gasteiger partial charge in [0.05, 0.1) is 21.8 Å². The van der Waals surface area contributed by atoms with Crippen LogP contribution >= 0.6 is 0 Å². The van der Waals surface area contributed by atoms with Crippen LogP contribution in [-0.2, 0) is 10.0 Å². The summed E-state index contributed by atoms with van der Waals surface area (Å²) in [7, 11) is -3.81. The molecule has 7 nitrogen and oxygen atoms in total. The van der Waals surface area contributed by atoms with E-state index in [1.54, 1.807) is 67.6 Å². The molecule has 0 aliphatic carbocycles. The Hall–Kier alpha value is -3.91. The summed E-state index contributed by atoms with van der Waals surface area (Å²) in [6, 6.07) is 19.3. The van der Waals surface area contributed by atoms with Crippen LogP contribution in [0.3, 0.4) is 0 Å². The number of carbonyl (C=O) groups excluding carboxylic acids is 2. The van der Waals surface area contributed by atoms with Gasteiger partial charge in [0.15, 0.2) is 0 Å². The first-order chi connectivity index (χ1) is 15.3. The number of amides is 2. The number of aryl methyl sites for hydroxylation is 1. The van der Waals surface area contributed by atoms with Crippen molar-refractivity contribution in [1.82, 2.24) is 5.32 Å². The number of carbonyl (C=O) groups is 2. The molecule has 0 atom stereocenters. The van der Waals surface area contributed by atoms with Gasteiger partial charge in [0.1, 0.15) is 0 Å². The number of para-hydroxylation sites is 1. The summed E-state index contributed by atoms with van der Waals surface area (Å²) in [6.45, 7) is 5.60. The highest BCUT2D eigenvalue weighted by Crippen LogP contribution is 2.23. The Morgan fingerprint density at radius 1 is 0.906 bits per heavy atom. The smallest absolute Gasteiger partial charge is 0.261 e. The van der Waals surface area contributed by atoms with Crippen LogP contribution in [0, 0.1) is 6.92 Å². The molecule has 8 heteroatoms. The van der Waals surface area contributed by atoms with E-state index in [4.69, 9.17) is 0 Å². The normalized spacial score (nSPS) is 10.8. The first-order valence-corrected chi connectivity index (χ1v) is 11.3. The molecule has 164 valence electrons. The zero-order valence-corrected chi connectivity index (χ0v) is 18.3. The summed E-state index contributed by atoms with van der Waals surface area (Å²) in [5.74, 6) is -0.824. The minimum atomic E-state index is -3.81. The largest absolute Gasteiger partial charge is 0.349 e. The fraction of sp³-hybridized carbons (Fsp3) is 0.0833. The summed E-state index contributed by atoms with van der Waals surface area (Å²) in [6.07, 6.45) is 1.56. The third-order valence-electron chi connectivity index (χ3n) is 4.62. The molecule has 3 aromatic carbocycles. The molecule has 32 heavy (non-hydrogen) atoms. The second kappa shape index (κ2) is 9.93. The average Bonchev–Trinajstić information content (AvgIpc) is 2.79. The molecular weight excluding hydrogens is 426 g/mol. The molecule has 0 aliphatic rings. The van der Waals surface area contributed by atoms with Crippen LogP contribution in [0.1, 0.15) is 26.3 Å². The Labute approximate surface area is 187 Å². The third-order valence-corrected chi connectivity index (χ3v) is 6.01. The Morgan fingerprint density at radius 2 is 1.59 bits per heavy atom. The lowest BCUT2D eigenvalue weighted by molar-refractivity contribution is 0.0959. The first kappa shape index (κ1) is 22.8. The Kier molecular flexibility index (Phi) is 7.07. The van der Waals surface area contributed by atoms with Crippen molar-refractivity contribution >= 4 is 33.2 Å². The van der Waals surface area contributed by atoms with Crippen molar-refractivity contribution in [3.05, 3.63) is 102 Å². The summed E-state index contributed by atoms with van der Waals surface area (Å²) in [5.41, 5.74) is 1.83. The Morgan fingerprint density at radius 3 is 2.31 bits per heavy atom. The van der Waals surface area contributed by atoms with Crippen LogP contribution in [0.5, 0.6) is 0 Å². The van der Waals surface area contributed by atoms with E-state index in [-0.39, 0.29) is 16.4 Å². The predicted octanol–water partition coefficient (Wildman–Crippen LogP) is 3.96. The van der Waals surface area contributed by atoms with Gasteiger partial charge in [-0.25, -0.2) is 8.42 Å². The standard InChI is InChI=1S/C24H23N3O4S/c1-3-15-25-24(29)20-11-7-8-12-21(20)26-23(28)18-14-13-17(2)22(16-18)27-32(30,31)19-9-5-4-6-10-19/h3-14,16,27H,1,15H2,2H3,(H,25,29)(H,26,28). The lowest BCUT2D eigenvalue weighted by atomic mass is 10.1. The summed E-state index contributed by atoms with van der Waals surface area (Å²) >= 11 is 0. The summed E-state index contributed by atoms with van der Waals surface area (Å²) in [5, 5.41) is 5.40. The zero-order chi connectivity index (χ0) is 23.1. The zero-order valence-electron chi connectivity index (χ0n) is 17.5. The van der Waals surface area contributed by atoms with Gasteiger partial charge in [-0.2, -0.15) is 0 Å². The number of hydrogen-bond acceptors (Lipinski definition) is 4. The molecule has 0 saturated heterocycles. The van der Waals surface area contributed by atoms with Crippen LogP contribution in [0.4, 0.5) is 11.4 Å². The monoisotopic (exact) mass is 449 g/mol. The fourth-order valence-electron chi connectivity index (χ4n) is 2.92. The molecule has 0 aliphatic heterocycles. The SMILES string of the molecule is C=CCNC(=O)c1ccccc1NC(=O)c1ccc(C)c(NS(=O)(=O)c2ccccc2)c1. The lowest BCUT2D eigenvalue weighted by Gasteiger charge is -2.14. The highest BCUT2D eigenvalue weighted by molar-refractivity contribution is 7.92. The van der Waals surface area contributed by atoms with E-state index in [1.807, 2.05) is 0 Å². The minimum Gasteiger partial charge on any atom is -0.349 e. The maximum atomic E-state index is 12.9. The molecule has 0 radical (unpaired) electrons. The number of nitrogens with one attached hydrogen (secondary N) is 3. The fourth-order valence-corrected chi connectivity index (χ4v) is 4.06. The molecule has 0 unspecified atom stereocenters. The van der Waals surface area contributed by atoms with E-state index in [0.717, 1.165) is 0 Å². The number of hydrogen-bond donors (Lipinski definition) is 3. The second-order valence-electron chi connectivity index (χ2n) is 6.95. The topological polar surface area (TPSA) is 104 Å². The molecule has 2 amide bonds. The van der Waals surface area contributed by atoms with Gasteiger partial charge in [0.2, 0.25) is 0 Å². The van der Waals surface area contributed by atoms with Gasteiger partial charge >= 0.3 is 0 Å². The maximum Gasteiger partial charge on any atom is 0.261 e. The van der Waals surface area contributed by atoms with Gasteiger partial charge in [0, 0.05) is 12.1 Å². The van der Waals surface area contributed by atoms with E-state index >= 15 is 0 Å². The van der Waals surface area contributed by atoms with Gasteiger partial charge < -0.3 is 10.6 Å². The lowest BCUT2D eigenvalue weighted by Crippen LogP contribution is -2.25. The van der Waals surface area contributed by atoms with E-state index < -0.39 is 15.9 Å². The predicted molar refractivity (Wildman–Crippen MR) is 125 cm³/mol. The molecule has 3 N–H and O–H groups in total. The number of benzene rings is 3. The molecule has 0 bridgehead atoms. The molecule has 0 fully saturated rings. The highest BCUT2D eigenvalue weighted by Gasteiger charge is 2.18. The summed E-state index contributed by atoms with van der Waals surface area (Å²) < 4.78 is 27.9. The number of rotatable bonds is 8. The van der Waals surface area contributed by atoms with Crippen LogP contribution < -0.4 is 15.4 Å². The van der Waals surface area contributed by atoms with Gasteiger partial charge in [-0.15, -0.1) is 6.58 Å². The third kappa shape index (κ3) is 5.41. The quantitative estimate of drug-likeness (QED) is 0.453. The van der Waals surface area contributed by atoms with Crippen molar-refractivity contribution in [2.75, 3.05) is 16.6 Å². The van der Waals surface area contributed by atoms with Crippen LogP contribution in [0.25, 0.3) is 0 Å². The van der Waals surface area contributed by atoms with Crippen molar-refractivity contribution < 1.29 is 18.0 Å². The maximum absolute atomic E-state index is 12.9. The van der Waals surface area contributed by atoms with Crippen LogP contribution in [0.15, 0.2) is 90.3 Å². The molecule has 0 aromatic heterocycles. The summed E-state index contributed by atoms with van der Waals surface area (Å²) in [4.78, 5) is 25.3. The number of anilines is 2.